The van der Waals surface area contributed by atoms with Gasteiger partial charge in [0.15, 0.2) is 0 Å². The highest BCUT2D eigenvalue weighted by atomic mass is 16.2. The van der Waals surface area contributed by atoms with Crippen molar-refractivity contribution >= 4 is 17.7 Å². The predicted molar refractivity (Wildman–Crippen MR) is 124 cm³/mol. The molecule has 3 aliphatic rings. The van der Waals surface area contributed by atoms with Crippen LogP contribution in [-0.4, -0.2) is 53.5 Å². The number of fused-ring (bicyclic) bond motifs is 1. The summed E-state index contributed by atoms with van der Waals surface area (Å²) >= 11 is 0. The van der Waals surface area contributed by atoms with Crippen LogP contribution < -0.4 is 9.80 Å². The van der Waals surface area contributed by atoms with Crippen molar-refractivity contribution in [2.45, 2.75) is 52.5 Å². The molecule has 3 aliphatic heterocycles. The van der Waals surface area contributed by atoms with E-state index < -0.39 is 0 Å². The number of piperidine rings is 1. The summed E-state index contributed by atoms with van der Waals surface area (Å²) in [5.41, 5.74) is 4.18. The van der Waals surface area contributed by atoms with Gasteiger partial charge >= 0.3 is 0 Å². The Kier molecular flexibility index (Phi) is 5.55. The zero-order chi connectivity index (χ0) is 21.4. The zero-order valence-corrected chi connectivity index (χ0v) is 18.8. The first-order valence-corrected chi connectivity index (χ1v) is 11.8. The zero-order valence-electron chi connectivity index (χ0n) is 18.8. The van der Waals surface area contributed by atoms with Gasteiger partial charge in [0.25, 0.3) is 5.91 Å². The molecule has 6 nitrogen and oxygen atoms in total. The number of amides is 1. The monoisotopic (exact) mass is 419 g/mol. The fourth-order valence-corrected chi connectivity index (χ4v) is 5.06. The molecule has 6 heteroatoms. The van der Waals surface area contributed by atoms with Crippen LogP contribution in [0.3, 0.4) is 0 Å². The van der Waals surface area contributed by atoms with Gasteiger partial charge in [-0.15, -0.1) is 0 Å². The number of aryl methyl sites for hydroxylation is 1. The van der Waals surface area contributed by atoms with Crippen molar-refractivity contribution in [3.63, 3.8) is 0 Å². The molecule has 2 fully saturated rings. The number of carbonyl (C=O) groups is 1. The average Bonchev–Trinajstić information content (AvgIpc) is 3.33. The van der Waals surface area contributed by atoms with Crippen LogP contribution in [0.2, 0.25) is 0 Å². The molecule has 0 saturated carbocycles. The third-order valence-corrected chi connectivity index (χ3v) is 7.05. The Morgan fingerprint density at radius 2 is 1.77 bits per heavy atom. The van der Waals surface area contributed by atoms with E-state index in [0.717, 1.165) is 72.7 Å². The van der Waals surface area contributed by atoms with Crippen LogP contribution >= 0.6 is 0 Å². The maximum Gasteiger partial charge on any atom is 0.254 e. The molecule has 0 N–H and O–H groups in total. The molecule has 164 valence electrons. The average molecular weight is 420 g/mol. The molecule has 0 spiro atoms. The van der Waals surface area contributed by atoms with E-state index in [2.05, 4.69) is 16.7 Å². The summed E-state index contributed by atoms with van der Waals surface area (Å²) in [6.07, 6.45) is 5.63. The standard InChI is InChI=1S/C25H33N5O/c1-18-8-13-28(14-9-18)23-21-17-30(24(31)20-7-5-6-19(2)16-20)15-10-22(21)26-25(27-23)29-11-3-4-12-29/h5-7,16,18H,3-4,8-15,17H2,1-2H3. The van der Waals surface area contributed by atoms with Gasteiger partial charge in [0.1, 0.15) is 5.82 Å². The fourth-order valence-electron chi connectivity index (χ4n) is 5.06. The SMILES string of the molecule is Cc1cccc(C(=O)N2CCc3nc(N4CCCC4)nc(N4CCC(C)CC4)c3C2)c1. The Morgan fingerprint density at radius 1 is 1.00 bits per heavy atom. The van der Waals surface area contributed by atoms with Crippen molar-refractivity contribution in [2.75, 3.05) is 42.5 Å². The molecule has 1 aromatic heterocycles. The Labute approximate surface area is 185 Å². The minimum absolute atomic E-state index is 0.108. The lowest BCUT2D eigenvalue weighted by molar-refractivity contribution is 0.0733. The third kappa shape index (κ3) is 4.12. The molecule has 2 saturated heterocycles. The highest BCUT2D eigenvalue weighted by molar-refractivity contribution is 5.94. The van der Waals surface area contributed by atoms with Gasteiger partial charge in [0.2, 0.25) is 5.95 Å². The molecule has 0 bridgehead atoms. The Hall–Kier alpha value is -2.63. The quantitative estimate of drug-likeness (QED) is 0.757. The van der Waals surface area contributed by atoms with Crippen LogP contribution in [0.15, 0.2) is 24.3 Å². The van der Waals surface area contributed by atoms with Gasteiger partial charge in [-0.3, -0.25) is 4.79 Å². The lowest BCUT2D eigenvalue weighted by Crippen LogP contribution is -2.40. The van der Waals surface area contributed by atoms with Crippen LogP contribution in [0.1, 0.15) is 59.8 Å². The second kappa shape index (κ2) is 8.48. The van der Waals surface area contributed by atoms with Crippen molar-refractivity contribution in [1.82, 2.24) is 14.9 Å². The lowest BCUT2D eigenvalue weighted by Gasteiger charge is -2.36. The summed E-state index contributed by atoms with van der Waals surface area (Å²) in [5.74, 6) is 2.84. The fraction of sp³-hybridized carbons (Fsp3) is 0.560. The van der Waals surface area contributed by atoms with E-state index in [4.69, 9.17) is 9.97 Å². The molecular formula is C25H33N5O. The molecule has 4 heterocycles. The van der Waals surface area contributed by atoms with Crippen molar-refractivity contribution in [3.8, 4) is 0 Å². The summed E-state index contributed by atoms with van der Waals surface area (Å²) in [4.78, 5) is 30.1. The summed E-state index contributed by atoms with van der Waals surface area (Å²) in [5, 5.41) is 0. The number of hydrogen-bond donors (Lipinski definition) is 0. The molecular weight excluding hydrogens is 386 g/mol. The van der Waals surface area contributed by atoms with Gasteiger partial charge in [-0.25, -0.2) is 4.98 Å². The largest absolute Gasteiger partial charge is 0.356 e. The molecule has 31 heavy (non-hydrogen) atoms. The molecule has 0 atom stereocenters. The van der Waals surface area contributed by atoms with E-state index in [1.54, 1.807) is 0 Å². The highest BCUT2D eigenvalue weighted by Gasteiger charge is 2.30. The van der Waals surface area contributed by atoms with Gasteiger partial charge in [-0.2, -0.15) is 4.98 Å². The molecule has 1 amide bonds. The first kappa shape index (κ1) is 20.3. The maximum absolute atomic E-state index is 13.2. The minimum Gasteiger partial charge on any atom is -0.356 e. The van der Waals surface area contributed by atoms with E-state index in [0.29, 0.717) is 13.1 Å². The van der Waals surface area contributed by atoms with Gasteiger partial charge < -0.3 is 14.7 Å². The van der Waals surface area contributed by atoms with Crippen molar-refractivity contribution in [3.05, 3.63) is 46.6 Å². The van der Waals surface area contributed by atoms with Gasteiger partial charge in [0, 0.05) is 50.3 Å². The number of nitrogens with zero attached hydrogens (tertiary/aromatic N) is 5. The third-order valence-electron chi connectivity index (χ3n) is 7.05. The molecule has 2 aromatic rings. The van der Waals surface area contributed by atoms with E-state index in [1.807, 2.05) is 36.1 Å². The lowest BCUT2D eigenvalue weighted by atomic mass is 9.98. The Bertz CT molecular complexity index is 960. The van der Waals surface area contributed by atoms with E-state index in [-0.39, 0.29) is 5.91 Å². The number of aromatic nitrogens is 2. The first-order valence-electron chi connectivity index (χ1n) is 11.8. The van der Waals surface area contributed by atoms with Crippen LogP contribution in [0.4, 0.5) is 11.8 Å². The van der Waals surface area contributed by atoms with Crippen LogP contribution in [0.25, 0.3) is 0 Å². The Morgan fingerprint density at radius 3 is 2.52 bits per heavy atom. The summed E-state index contributed by atoms with van der Waals surface area (Å²) < 4.78 is 0. The van der Waals surface area contributed by atoms with Crippen molar-refractivity contribution < 1.29 is 4.79 Å². The topological polar surface area (TPSA) is 52.6 Å². The molecule has 1 aromatic carbocycles. The van der Waals surface area contributed by atoms with Gasteiger partial charge in [0.05, 0.1) is 12.2 Å². The number of hydrogen-bond acceptors (Lipinski definition) is 5. The number of benzene rings is 1. The number of rotatable bonds is 3. The van der Waals surface area contributed by atoms with Crippen LogP contribution in [0, 0.1) is 12.8 Å². The smallest absolute Gasteiger partial charge is 0.254 e. The predicted octanol–water partition coefficient (Wildman–Crippen LogP) is 3.82. The maximum atomic E-state index is 13.2. The second-order valence-electron chi connectivity index (χ2n) is 9.48. The van der Waals surface area contributed by atoms with Crippen molar-refractivity contribution in [1.29, 1.82) is 0 Å². The normalized spacial score (nSPS) is 19.6. The van der Waals surface area contributed by atoms with Crippen LogP contribution in [-0.2, 0) is 13.0 Å². The Balaban J connectivity index is 1.47. The number of anilines is 2. The molecule has 5 rings (SSSR count). The van der Waals surface area contributed by atoms with E-state index in [1.165, 1.54) is 25.7 Å². The van der Waals surface area contributed by atoms with E-state index >= 15 is 0 Å². The van der Waals surface area contributed by atoms with Gasteiger partial charge in [-0.1, -0.05) is 24.6 Å². The first-order chi connectivity index (χ1) is 15.1. The van der Waals surface area contributed by atoms with Gasteiger partial charge in [-0.05, 0) is 50.7 Å². The summed E-state index contributed by atoms with van der Waals surface area (Å²) in [6, 6.07) is 7.90. The number of carbonyl (C=O) groups excluding carboxylic acids is 1. The summed E-state index contributed by atoms with van der Waals surface area (Å²) in [7, 11) is 0. The van der Waals surface area contributed by atoms with E-state index in [9.17, 15) is 4.79 Å². The molecule has 0 aliphatic carbocycles. The van der Waals surface area contributed by atoms with Crippen LogP contribution in [0.5, 0.6) is 0 Å². The molecule has 0 radical (unpaired) electrons. The molecule has 0 unspecified atom stereocenters. The van der Waals surface area contributed by atoms with Crippen molar-refractivity contribution in [2.24, 2.45) is 5.92 Å². The second-order valence-corrected chi connectivity index (χ2v) is 9.48. The minimum atomic E-state index is 0.108. The summed E-state index contributed by atoms with van der Waals surface area (Å²) in [6.45, 7) is 9.86. The highest BCUT2D eigenvalue weighted by Crippen LogP contribution is 2.32.